The van der Waals surface area contributed by atoms with Gasteiger partial charge in [-0.25, -0.2) is 9.18 Å². The van der Waals surface area contributed by atoms with Gasteiger partial charge in [0.1, 0.15) is 18.2 Å². The zero-order valence-electron chi connectivity index (χ0n) is 18.5. The Kier molecular flexibility index (Phi) is 6.86. The van der Waals surface area contributed by atoms with Crippen LogP contribution < -0.4 is 21.7 Å². The normalized spacial score (nSPS) is 10.8. The van der Waals surface area contributed by atoms with Crippen molar-refractivity contribution in [3.63, 3.8) is 0 Å². The van der Waals surface area contributed by atoms with Crippen LogP contribution in [-0.4, -0.2) is 15.0 Å². The van der Waals surface area contributed by atoms with Gasteiger partial charge in [-0.3, -0.25) is 18.7 Å². The number of halogens is 2. The molecule has 2 N–H and O–H groups in total. The van der Waals surface area contributed by atoms with Gasteiger partial charge in [0.05, 0.1) is 19.3 Å². The first-order chi connectivity index (χ1) is 16.8. The predicted octanol–water partition coefficient (Wildman–Crippen LogP) is 3.06. The minimum atomic E-state index is -1.06. The van der Waals surface area contributed by atoms with E-state index in [1.54, 1.807) is 42.5 Å². The van der Waals surface area contributed by atoms with Crippen molar-refractivity contribution in [1.82, 2.24) is 9.13 Å². The average molecular weight is 477 g/mol. The minimum Gasteiger partial charge on any atom is -0.489 e. The molecule has 0 bridgehead atoms. The van der Waals surface area contributed by atoms with Crippen molar-refractivity contribution < 1.29 is 18.3 Å². The highest BCUT2D eigenvalue weighted by atomic mass is 19.1. The minimum absolute atomic E-state index is 0.0282. The van der Waals surface area contributed by atoms with Crippen molar-refractivity contribution in [1.29, 1.82) is 0 Å². The monoisotopic (exact) mass is 477 g/mol. The number of primary amides is 1. The van der Waals surface area contributed by atoms with Crippen LogP contribution in [0.5, 0.6) is 5.75 Å². The first-order valence-corrected chi connectivity index (χ1v) is 10.6. The molecule has 0 aliphatic carbocycles. The highest BCUT2D eigenvalue weighted by Crippen LogP contribution is 2.15. The summed E-state index contributed by atoms with van der Waals surface area (Å²) in [4.78, 5) is 36.4. The number of amides is 1. The molecule has 3 aromatic carbocycles. The lowest BCUT2D eigenvalue weighted by Gasteiger charge is -2.12. The topological polar surface area (TPSA) is 96.3 Å². The lowest BCUT2D eigenvalue weighted by Crippen LogP contribution is -2.41. The number of hydrogen-bond acceptors (Lipinski definition) is 4. The van der Waals surface area contributed by atoms with E-state index >= 15 is 0 Å². The number of hydrogen-bond donors (Lipinski definition) is 1. The first-order valence-electron chi connectivity index (χ1n) is 10.6. The summed E-state index contributed by atoms with van der Waals surface area (Å²) < 4.78 is 35.0. The molecule has 4 aromatic rings. The Morgan fingerprint density at radius 3 is 2.20 bits per heavy atom. The van der Waals surface area contributed by atoms with E-state index in [1.165, 1.54) is 24.3 Å². The second-order valence-electron chi connectivity index (χ2n) is 7.90. The van der Waals surface area contributed by atoms with Crippen molar-refractivity contribution in [2.24, 2.45) is 5.73 Å². The van der Waals surface area contributed by atoms with Gasteiger partial charge in [0.2, 0.25) is 11.7 Å². The third-order valence-corrected chi connectivity index (χ3v) is 5.34. The van der Waals surface area contributed by atoms with E-state index in [0.29, 0.717) is 22.4 Å². The Morgan fingerprint density at radius 2 is 1.51 bits per heavy atom. The van der Waals surface area contributed by atoms with E-state index in [0.717, 1.165) is 20.9 Å². The van der Waals surface area contributed by atoms with Crippen molar-refractivity contribution in [2.45, 2.75) is 19.7 Å². The van der Waals surface area contributed by atoms with Gasteiger partial charge in [0, 0.05) is 5.56 Å². The van der Waals surface area contributed by atoms with Crippen molar-refractivity contribution in [3.05, 3.63) is 134 Å². The largest absolute Gasteiger partial charge is 0.489 e. The fourth-order valence-electron chi connectivity index (χ4n) is 3.51. The second-order valence-corrected chi connectivity index (χ2v) is 7.90. The fraction of sp³-hybridized carbons (Fsp3) is 0.115. The highest BCUT2D eigenvalue weighted by Gasteiger charge is 2.12. The van der Waals surface area contributed by atoms with E-state index in [9.17, 15) is 23.2 Å². The van der Waals surface area contributed by atoms with Crippen LogP contribution in [0.25, 0.3) is 0 Å². The van der Waals surface area contributed by atoms with Gasteiger partial charge in [0.25, 0.3) is 5.56 Å². The maximum atomic E-state index is 14.3. The standard InChI is InChI=1S/C26H21F2N3O4/c27-21-8-4-18(5-9-21)14-31-25(33)23(28)15-30(26(31)34)13-17-6-10-22(11-7-17)35-16-19-2-1-3-20(12-19)24(29)32/h1-12,15H,13-14,16H2,(H2,29,32). The molecule has 0 unspecified atom stereocenters. The zero-order chi connectivity index (χ0) is 24.9. The molecule has 0 radical (unpaired) electrons. The van der Waals surface area contributed by atoms with Crippen LogP contribution in [0.1, 0.15) is 27.0 Å². The Labute approximate surface area is 198 Å². The molecule has 178 valence electrons. The molecule has 1 heterocycles. The van der Waals surface area contributed by atoms with Gasteiger partial charge in [-0.2, -0.15) is 4.39 Å². The molecule has 0 saturated heterocycles. The van der Waals surface area contributed by atoms with Gasteiger partial charge >= 0.3 is 5.69 Å². The zero-order valence-corrected chi connectivity index (χ0v) is 18.5. The molecule has 4 rings (SSSR count). The summed E-state index contributed by atoms with van der Waals surface area (Å²) in [5, 5.41) is 0. The number of ether oxygens (including phenoxy) is 1. The van der Waals surface area contributed by atoms with Crippen LogP contribution in [-0.2, 0) is 19.7 Å². The summed E-state index contributed by atoms with van der Waals surface area (Å²) in [6.45, 7) is 0.0688. The summed E-state index contributed by atoms with van der Waals surface area (Å²) in [7, 11) is 0. The van der Waals surface area contributed by atoms with Crippen LogP contribution in [0.2, 0.25) is 0 Å². The molecule has 0 saturated carbocycles. The number of aromatic nitrogens is 2. The van der Waals surface area contributed by atoms with Gasteiger partial charge in [-0.05, 0) is 53.1 Å². The van der Waals surface area contributed by atoms with Crippen LogP contribution in [0.4, 0.5) is 8.78 Å². The summed E-state index contributed by atoms with van der Waals surface area (Å²) in [5.41, 5.74) is 5.90. The summed E-state index contributed by atoms with van der Waals surface area (Å²) in [6, 6.07) is 18.9. The third kappa shape index (κ3) is 5.70. The Balaban J connectivity index is 1.48. The predicted molar refractivity (Wildman–Crippen MR) is 125 cm³/mol. The highest BCUT2D eigenvalue weighted by molar-refractivity contribution is 5.92. The van der Waals surface area contributed by atoms with E-state index in [4.69, 9.17) is 10.5 Å². The number of nitrogens with zero attached hydrogens (tertiary/aromatic N) is 2. The smallest absolute Gasteiger partial charge is 0.331 e. The van der Waals surface area contributed by atoms with Crippen molar-refractivity contribution >= 4 is 5.91 Å². The van der Waals surface area contributed by atoms with Crippen molar-refractivity contribution in [3.8, 4) is 5.75 Å². The van der Waals surface area contributed by atoms with E-state index in [-0.39, 0.29) is 19.7 Å². The van der Waals surface area contributed by atoms with Gasteiger partial charge < -0.3 is 10.5 Å². The molecule has 1 amide bonds. The number of nitrogens with two attached hydrogens (primary N) is 1. The molecule has 7 nitrogen and oxygen atoms in total. The molecule has 0 aliphatic rings. The average Bonchev–Trinajstić information content (AvgIpc) is 2.86. The third-order valence-electron chi connectivity index (χ3n) is 5.34. The molecule has 0 aliphatic heterocycles. The lowest BCUT2D eigenvalue weighted by molar-refractivity contribution is 0.1000. The summed E-state index contributed by atoms with van der Waals surface area (Å²) in [5.74, 6) is -1.49. The van der Waals surface area contributed by atoms with E-state index in [2.05, 4.69) is 0 Å². The Bertz CT molecular complexity index is 1480. The molecular formula is C26H21F2N3O4. The molecule has 9 heteroatoms. The van der Waals surface area contributed by atoms with Gasteiger partial charge in [-0.15, -0.1) is 0 Å². The fourth-order valence-corrected chi connectivity index (χ4v) is 3.51. The van der Waals surface area contributed by atoms with Crippen molar-refractivity contribution in [2.75, 3.05) is 0 Å². The SMILES string of the molecule is NC(=O)c1cccc(COc2ccc(Cn3cc(F)c(=O)n(Cc4ccc(F)cc4)c3=O)cc2)c1. The first kappa shape index (κ1) is 23.6. The van der Waals surface area contributed by atoms with Crippen LogP contribution in [0.3, 0.4) is 0 Å². The molecule has 0 fully saturated rings. The Hall–Kier alpha value is -4.53. The van der Waals surface area contributed by atoms with E-state index < -0.39 is 28.8 Å². The lowest BCUT2D eigenvalue weighted by atomic mass is 10.1. The maximum Gasteiger partial charge on any atom is 0.331 e. The molecular weight excluding hydrogens is 456 g/mol. The molecule has 35 heavy (non-hydrogen) atoms. The molecule has 0 spiro atoms. The maximum absolute atomic E-state index is 14.3. The van der Waals surface area contributed by atoms with Crippen LogP contribution >= 0.6 is 0 Å². The summed E-state index contributed by atoms with van der Waals surface area (Å²) in [6.07, 6.45) is 0.877. The Morgan fingerprint density at radius 1 is 0.857 bits per heavy atom. The van der Waals surface area contributed by atoms with Crippen LogP contribution in [0, 0.1) is 11.6 Å². The van der Waals surface area contributed by atoms with E-state index in [1.807, 2.05) is 6.07 Å². The second kappa shape index (κ2) is 10.2. The van der Waals surface area contributed by atoms with Crippen LogP contribution in [0.15, 0.2) is 88.6 Å². The number of carbonyl (C=O) groups is 1. The number of benzene rings is 3. The number of carbonyl (C=O) groups excluding carboxylic acids is 1. The number of rotatable bonds is 8. The quantitative estimate of drug-likeness (QED) is 0.422. The molecule has 1 aromatic heterocycles. The summed E-state index contributed by atoms with van der Waals surface area (Å²) >= 11 is 0. The van der Waals surface area contributed by atoms with Gasteiger partial charge in [-0.1, -0.05) is 36.4 Å². The molecule has 0 atom stereocenters. The van der Waals surface area contributed by atoms with Gasteiger partial charge in [0.15, 0.2) is 0 Å².